The van der Waals surface area contributed by atoms with E-state index in [1.165, 1.54) is 43.3 Å². The lowest BCUT2D eigenvalue weighted by atomic mass is 10.2. The third kappa shape index (κ3) is 3.33. The van der Waals surface area contributed by atoms with E-state index in [0.717, 1.165) is 19.0 Å². The molecule has 114 valence electrons. The van der Waals surface area contributed by atoms with Crippen LogP contribution in [0.2, 0.25) is 0 Å². The van der Waals surface area contributed by atoms with Crippen molar-refractivity contribution in [3.05, 3.63) is 53.5 Å². The maximum Gasteiger partial charge on any atom is 0.271 e. The van der Waals surface area contributed by atoms with Crippen LogP contribution in [0, 0.1) is 5.82 Å². The zero-order valence-corrected chi connectivity index (χ0v) is 12.0. The fourth-order valence-electron chi connectivity index (χ4n) is 2.34. The van der Waals surface area contributed by atoms with Crippen molar-refractivity contribution in [2.24, 2.45) is 5.10 Å². The number of amides is 1. The minimum Gasteiger partial charge on any atom is -0.440 e. The molecular formula is C16H16FN3O2. The second-order valence-electron chi connectivity index (χ2n) is 5.08. The van der Waals surface area contributed by atoms with Gasteiger partial charge in [-0.3, -0.25) is 4.79 Å². The fraction of sp³-hybridized carbons (Fsp3) is 0.250. The van der Waals surface area contributed by atoms with Crippen LogP contribution in [0.4, 0.5) is 10.3 Å². The molecule has 0 unspecified atom stereocenters. The van der Waals surface area contributed by atoms with E-state index in [2.05, 4.69) is 15.4 Å². The minimum absolute atomic E-state index is 0.343. The molecule has 1 amide bonds. The van der Waals surface area contributed by atoms with Crippen molar-refractivity contribution in [2.45, 2.75) is 12.8 Å². The predicted octanol–water partition coefficient (Wildman–Crippen LogP) is 2.78. The van der Waals surface area contributed by atoms with Crippen LogP contribution in [-0.4, -0.2) is 25.2 Å². The summed E-state index contributed by atoms with van der Waals surface area (Å²) in [5, 5.41) is 3.85. The molecule has 1 aromatic carbocycles. The highest BCUT2D eigenvalue weighted by Crippen LogP contribution is 2.21. The highest BCUT2D eigenvalue weighted by Gasteiger charge is 2.15. The highest BCUT2D eigenvalue weighted by molar-refractivity contribution is 5.94. The van der Waals surface area contributed by atoms with Gasteiger partial charge in [0.2, 0.25) is 0 Å². The molecule has 0 aliphatic carbocycles. The van der Waals surface area contributed by atoms with Crippen molar-refractivity contribution in [1.29, 1.82) is 0 Å². The van der Waals surface area contributed by atoms with Crippen LogP contribution in [-0.2, 0) is 0 Å². The van der Waals surface area contributed by atoms with Gasteiger partial charge in [-0.2, -0.15) is 5.10 Å². The Morgan fingerprint density at radius 2 is 1.91 bits per heavy atom. The second-order valence-corrected chi connectivity index (χ2v) is 5.08. The Kier molecular flexibility index (Phi) is 4.18. The monoisotopic (exact) mass is 301 g/mol. The number of halogens is 1. The van der Waals surface area contributed by atoms with E-state index < -0.39 is 5.91 Å². The van der Waals surface area contributed by atoms with E-state index in [4.69, 9.17) is 4.42 Å². The fourth-order valence-corrected chi connectivity index (χ4v) is 2.34. The lowest BCUT2D eigenvalue weighted by molar-refractivity contribution is 0.0955. The van der Waals surface area contributed by atoms with Gasteiger partial charge >= 0.3 is 0 Å². The summed E-state index contributed by atoms with van der Waals surface area (Å²) in [5.74, 6) is 0.609. The number of hydrogen-bond donors (Lipinski definition) is 1. The molecular weight excluding hydrogens is 285 g/mol. The Balaban J connectivity index is 1.57. The summed E-state index contributed by atoms with van der Waals surface area (Å²) in [6.45, 7) is 2.01. The predicted molar refractivity (Wildman–Crippen MR) is 81.6 cm³/mol. The maximum atomic E-state index is 12.8. The molecule has 1 aliphatic heterocycles. The first kappa shape index (κ1) is 14.3. The van der Waals surface area contributed by atoms with Crippen LogP contribution in [0.15, 0.2) is 45.9 Å². The second kappa shape index (κ2) is 6.43. The third-order valence-corrected chi connectivity index (χ3v) is 3.49. The molecule has 1 N–H and O–H groups in total. The summed E-state index contributed by atoms with van der Waals surface area (Å²) in [5.41, 5.74) is 2.72. The van der Waals surface area contributed by atoms with E-state index >= 15 is 0 Å². The van der Waals surface area contributed by atoms with Crippen LogP contribution in [0.5, 0.6) is 0 Å². The van der Waals surface area contributed by atoms with Gasteiger partial charge in [-0.25, -0.2) is 9.82 Å². The molecule has 0 saturated carbocycles. The average molecular weight is 301 g/mol. The SMILES string of the molecule is O=C(N/N=C\c1ccc(N2CCCC2)o1)c1ccc(F)cc1. The van der Waals surface area contributed by atoms with Crippen molar-refractivity contribution < 1.29 is 13.6 Å². The number of hydrogen-bond acceptors (Lipinski definition) is 4. The van der Waals surface area contributed by atoms with E-state index in [1.54, 1.807) is 6.07 Å². The van der Waals surface area contributed by atoms with Gasteiger partial charge in [0.15, 0.2) is 5.88 Å². The molecule has 3 rings (SSSR count). The van der Waals surface area contributed by atoms with Crippen molar-refractivity contribution in [1.82, 2.24) is 5.43 Å². The van der Waals surface area contributed by atoms with Crippen LogP contribution in [0.3, 0.4) is 0 Å². The van der Waals surface area contributed by atoms with E-state index in [1.807, 2.05) is 6.07 Å². The molecule has 0 spiro atoms. The molecule has 1 fully saturated rings. The van der Waals surface area contributed by atoms with Gasteiger partial charge in [-0.15, -0.1) is 0 Å². The van der Waals surface area contributed by atoms with Crippen LogP contribution >= 0.6 is 0 Å². The van der Waals surface area contributed by atoms with Gasteiger partial charge in [0.1, 0.15) is 11.6 Å². The number of rotatable bonds is 4. The Morgan fingerprint density at radius 3 is 2.64 bits per heavy atom. The Hall–Kier alpha value is -2.63. The molecule has 1 aliphatic rings. The van der Waals surface area contributed by atoms with Gasteiger partial charge in [0, 0.05) is 24.7 Å². The Labute approximate surface area is 127 Å². The highest BCUT2D eigenvalue weighted by atomic mass is 19.1. The first-order chi connectivity index (χ1) is 10.7. The third-order valence-electron chi connectivity index (χ3n) is 3.49. The molecule has 0 atom stereocenters. The molecule has 0 radical (unpaired) electrons. The lowest BCUT2D eigenvalue weighted by Gasteiger charge is -2.12. The number of carbonyl (C=O) groups is 1. The first-order valence-corrected chi connectivity index (χ1v) is 7.16. The van der Waals surface area contributed by atoms with Crippen molar-refractivity contribution in [2.75, 3.05) is 18.0 Å². The van der Waals surface area contributed by atoms with Gasteiger partial charge in [0.25, 0.3) is 5.91 Å². The zero-order valence-electron chi connectivity index (χ0n) is 12.0. The van der Waals surface area contributed by atoms with Crippen molar-refractivity contribution in [3.63, 3.8) is 0 Å². The number of benzene rings is 1. The number of furan rings is 1. The van der Waals surface area contributed by atoms with E-state index in [-0.39, 0.29) is 5.82 Å². The smallest absolute Gasteiger partial charge is 0.271 e. The van der Waals surface area contributed by atoms with E-state index in [0.29, 0.717) is 11.3 Å². The summed E-state index contributed by atoms with van der Waals surface area (Å²) < 4.78 is 18.4. The minimum atomic E-state index is -0.400. The largest absolute Gasteiger partial charge is 0.440 e. The van der Waals surface area contributed by atoms with Crippen molar-refractivity contribution >= 4 is 18.0 Å². The summed E-state index contributed by atoms with van der Waals surface area (Å²) in [6, 6.07) is 8.97. The summed E-state index contributed by atoms with van der Waals surface area (Å²) >= 11 is 0. The zero-order chi connectivity index (χ0) is 15.4. The van der Waals surface area contributed by atoms with Gasteiger partial charge in [0.05, 0.1) is 6.21 Å². The topological polar surface area (TPSA) is 57.8 Å². The number of anilines is 1. The number of carbonyl (C=O) groups excluding carboxylic acids is 1. The summed E-state index contributed by atoms with van der Waals surface area (Å²) in [4.78, 5) is 13.9. The van der Waals surface area contributed by atoms with Gasteiger partial charge in [-0.1, -0.05) is 0 Å². The van der Waals surface area contributed by atoms with Crippen LogP contribution in [0.25, 0.3) is 0 Å². The molecule has 0 bridgehead atoms. The number of hydrazone groups is 1. The number of nitrogens with one attached hydrogen (secondary N) is 1. The van der Waals surface area contributed by atoms with E-state index in [9.17, 15) is 9.18 Å². The quantitative estimate of drug-likeness (QED) is 0.698. The molecule has 2 heterocycles. The molecule has 1 aromatic heterocycles. The lowest BCUT2D eigenvalue weighted by Crippen LogP contribution is -2.17. The summed E-state index contributed by atoms with van der Waals surface area (Å²) in [7, 11) is 0. The van der Waals surface area contributed by atoms with Crippen LogP contribution < -0.4 is 10.3 Å². The van der Waals surface area contributed by atoms with Gasteiger partial charge in [-0.05, 0) is 43.2 Å². The molecule has 6 heteroatoms. The average Bonchev–Trinajstić information content (AvgIpc) is 3.19. The van der Waals surface area contributed by atoms with Crippen LogP contribution in [0.1, 0.15) is 29.0 Å². The van der Waals surface area contributed by atoms with Crippen molar-refractivity contribution in [3.8, 4) is 0 Å². The normalized spacial score (nSPS) is 14.7. The summed E-state index contributed by atoms with van der Waals surface area (Å²) in [6.07, 6.45) is 3.80. The molecule has 22 heavy (non-hydrogen) atoms. The molecule has 5 nitrogen and oxygen atoms in total. The molecule has 2 aromatic rings. The molecule has 1 saturated heterocycles. The van der Waals surface area contributed by atoms with Gasteiger partial charge < -0.3 is 9.32 Å². The Morgan fingerprint density at radius 1 is 1.18 bits per heavy atom. The first-order valence-electron chi connectivity index (χ1n) is 7.16. The Bertz CT molecular complexity index is 673. The standard InChI is InChI=1S/C16H16FN3O2/c17-13-5-3-12(4-6-13)16(21)19-18-11-14-7-8-15(22-14)20-9-1-2-10-20/h3-8,11H,1-2,9-10H2,(H,19,21)/b18-11-. The number of nitrogens with zero attached hydrogens (tertiary/aromatic N) is 2. The maximum absolute atomic E-state index is 12.8.